The summed E-state index contributed by atoms with van der Waals surface area (Å²) in [4.78, 5) is 23.4. The van der Waals surface area contributed by atoms with Gasteiger partial charge in [0.25, 0.3) is 0 Å². The lowest BCUT2D eigenvalue weighted by Crippen LogP contribution is -2.47. The second-order valence-electron chi connectivity index (χ2n) is 6.56. The molecular formula is C18H25NO7S. The Kier molecular flexibility index (Phi) is 6.96. The molecule has 1 N–H and O–H groups in total. The van der Waals surface area contributed by atoms with Crippen molar-refractivity contribution in [1.82, 2.24) is 4.31 Å². The standard InChI is InChI=1S/C18H25NO7S/c1-4-26-18(22)15-7-13(11-25-3)8-16(9-15)27(23,24)19-10-14(17(20)21)6-5-12(19)2/h7-9,12,14H,4-6,10-11H2,1-3H3,(H,20,21). The third-order valence-corrected chi connectivity index (χ3v) is 6.53. The van der Waals surface area contributed by atoms with Gasteiger partial charge < -0.3 is 14.6 Å². The van der Waals surface area contributed by atoms with Gasteiger partial charge in [0.15, 0.2) is 0 Å². The Morgan fingerprint density at radius 2 is 1.96 bits per heavy atom. The van der Waals surface area contributed by atoms with Crippen molar-refractivity contribution in [2.75, 3.05) is 20.3 Å². The van der Waals surface area contributed by atoms with Crippen LogP contribution < -0.4 is 0 Å². The average Bonchev–Trinajstić information content (AvgIpc) is 2.62. The third kappa shape index (κ3) is 4.85. The number of nitrogens with zero attached hydrogens (tertiary/aromatic N) is 1. The van der Waals surface area contributed by atoms with Crippen LogP contribution in [0.2, 0.25) is 0 Å². The van der Waals surface area contributed by atoms with E-state index in [-0.39, 0.29) is 36.3 Å². The largest absolute Gasteiger partial charge is 0.481 e. The Balaban J connectivity index is 2.46. The highest BCUT2D eigenvalue weighted by atomic mass is 32.2. The van der Waals surface area contributed by atoms with E-state index in [0.29, 0.717) is 18.4 Å². The van der Waals surface area contributed by atoms with Gasteiger partial charge in [-0.25, -0.2) is 13.2 Å². The molecule has 0 spiro atoms. The van der Waals surface area contributed by atoms with Crippen molar-refractivity contribution in [1.29, 1.82) is 0 Å². The van der Waals surface area contributed by atoms with Crippen LogP contribution in [0.1, 0.15) is 42.6 Å². The molecule has 9 heteroatoms. The fraction of sp³-hybridized carbons (Fsp3) is 0.556. The summed E-state index contributed by atoms with van der Waals surface area (Å²) in [7, 11) is -2.52. The summed E-state index contributed by atoms with van der Waals surface area (Å²) < 4.78 is 37.6. The number of hydrogen-bond donors (Lipinski definition) is 1. The average molecular weight is 399 g/mol. The summed E-state index contributed by atoms with van der Waals surface area (Å²) in [6.45, 7) is 3.61. The van der Waals surface area contributed by atoms with Crippen LogP contribution in [0.25, 0.3) is 0 Å². The van der Waals surface area contributed by atoms with E-state index in [2.05, 4.69) is 0 Å². The van der Waals surface area contributed by atoms with E-state index in [1.165, 1.54) is 29.6 Å². The second-order valence-corrected chi connectivity index (χ2v) is 8.45. The lowest BCUT2D eigenvalue weighted by molar-refractivity contribution is -0.143. The number of hydrogen-bond acceptors (Lipinski definition) is 6. The van der Waals surface area contributed by atoms with Crippen LogP contribution in [0.3, 0.4) is 0 Å². The van der Waals surface area contributed by atoms with Crippen LogP contribution >= 0.6 is 0 Å². The predicted octanol–water partition coefficient (Wildman–Crippen LogP) is 1.88. The molecule has 0 amide bonds. The Hall–Kier alpha value is -1.97. The number of sulfonamides is 1. The van der Waals surface area contributed by atoms with Crippen molar-refractivity contribution in [3.05, 3.63) is 29.3 Å². The molecule has 2 unspecified atom stereocenters. The van der Waals surface area contributed by atoms with Gasteiger partial charge in [-0.15, -0.1) is 0 Å². The molecule has 1 saturated heterocycles. The first-order valence-corrected chi connectivity index (χ1v) is 10.2. The van der Waals surface area contributed by atoms with Gasteiger partial charge in [0.1, 0.15) is 0 Å². The highest BCUT2D eigenvalue weighted by Gasteiger charge is 2.37. The van der Waals surface area contributed by atoms with E-state index in [1.807, 2.05) is 0 Å². The zero-order chi connectivity index (χ0) is 20.2. The molecule has 2 atom stereocenters. The summed E-state index contributed by atoms with van der Waals surface area (Å²) >= 11 is 0. The van der Waals surface area contributed by atoms with Gasteiger partial charge in [0.05, 0.1) is 29.6 Å². The summed E-state index contributed by atoms with van der Waals surface area (Å²) in [5.74, 6) is -2.38. The van der Waals surface area contributed by atoms with E-state index < -0.39 is 27.9 Å². The van der Waals surface area contributed by atoms with Crippen molar-refractivity contribution in [3.8, 4) is 0 Å². The fourth-order valence-electron chi connectivity index (χ4n) is 3.14. The Bertz CT molecular complexity index is 806. The number of carboxylic acid groups (broad SMARTS) is 1. The van der Waals surface area contributed by atoms with Gasteiger partial charge in [-0.05, 0) is 50.5 Å². The zero-order valence-corrected chi connectivity index (χ0v) is 16.5. The smallest absolute Gasteiger partial charge is 0.338 e. The minimum absolute atomic E-state index is 0.0713. The topological polar surface area (TPSA) is 110 Å². The number of benzene rings is 1. The monoisotopic (exact) mass is 399 g/mol. The minimum atomic E-state index is -3.98. The maximum atomic E-state index is 13.2. The molecule has 0 aliphatic carbocycles. The molecule has 0 bridgehead atoms. The van der Waals surface area contributed by atoms with Crippen LogP contribution in [0.5, 0.6) is 0 Å². The second kappa shape index (κ2) is 8.81. The zero-order valence-electron chi connectivity index (χ0n) is 15.7. The number of ether oxygens (including phenoxy) is 2. The molecule has 150 valence electrons. The number of methoxy groups -OCH3 is 1. The molecule has 1 heterocycles. The molecule has 0 saturated carbocycles. The molecule has 0 radical (unpaired) electrons. The molecule has 8 nitrogen and oxygen atoms in total. The Morgan fingerprint density at radius 1 is 1.26 bits per heavy atom. The van der Waals surface area contributed by atoms with E-state index in [9.17, 15) is 23.1 Å². The van der Waals surface area contributed by atoms with Crippen molar-refractivity contribution in [2.45, 2.75) is 44.2 Å². The first kappa shape index (κ1) is 21.3. The molecular weight excluding hydrogens is 374 g/mol. The lowest BCUT2D eigenvalue weighted by Gasteiger charge is -2.35. The SMILES string of the molecule is CCOC(=O)c1cc(COC)cc(S(=O)(=O)N2CC(C(=O)O)CCC2C)c1. The first-order chi connectivity index (χ1) is 12.7. The molecule has 1 aliphatic heterocycles. The summed E-state index contributed by atoms with van der Waals surface area (Å²) in [5.41, 5.74) is 0.630. The molecule has 1 aliphatic rings. The molecule has 1 fully saturated rings. The van der Waals surface area contributed by atoms with E-state index in [4.69, 9.17) is 9.47 Å². The number of aliphatic carboxylic acids is 1. The molecule has 0 aromatic heterocycles. The van der Waals surface area contributed by atoms with Crippen LogP contribution in [0, 0.1) is 5.92 Å². The number of carbonyl (C=O) groups is 2. The van der Waals surface area contributed by atoms with Gasteiger partial charge in [-0.2, -0.15) is 4.31 Å². The van der Waals surface area contributed by atoms with Crippen LogP contribution in [-0.2, 0) is 30.9 Å². The maximum Gasteiger partial charge on any atom is 0.338 e. The molecule has 27 heavy (non-hydrogen) atoms. The summed E-state index contributed by atoms with van der Waals surface area (Å²) in [6.07, 6.45) is 0.888. The van der Waals surface area contributed by atoms with Gasteiger partial charge in [0, 0.05) is 19.7 Å². The number of piperidine rings is 1. The van der Waals surface area contributed by atoms with Gasteiger partial charge in [-0.3, -0.25) is 4.79 Å². The van der Waals surface area contributed by atoms with Gasteiger partial charge >= 0.3 is 11.9 Å². The molecule has 2 rings (SSSR count). The van der Waals surface area contributed by atoms with E-state index >= 15 is 0 Å². The highest BCUT2D eigenvalue weighted by Crippen LogP contribution is 2.29. The minimum Gasteiger partial charge on any atom is -0.481 e. The van der Waals surface area contributed by atoms with Crippen LogP contribution in [0.4, 0.5) is 0 Å². The molecule has 1 aromatic rings. The van der Waals surface area contributed by atoms with Gasteiger partial charge in [0.2, 0.25) is 10.0 Å². The number of carboxylic acids is 1. The van der Waals surface area contributed by atoms with Crippen molar-refractivity contribution < 1.29 is 32.6 Å². The quantitative estimate of drug-likeness (QED) is 0.697. The van der Waals surface area contributed by atoms with Crippen molar-refractivity contribution in [2.24, 2.45) is 5.92 Å². The number of carbonyl (C=O) groups excluding carboxylic acids is 1. The van der Waals surface area contributed by atoms with Crippen molar-refractivity contribution in [3.63, 3.8) is 0 Å². The highest BCUT2D eigenvalue weighted by molar-refractivity contribution is 7.89. The van der Waals surface area contributed by atoms with Gasteiger partial charge in [-0.1, -0.05) is 0 Å². The maximum absolute atomic E-state index is 13.2. The number of esters is 1. The van der Waals surface area contributed by atoms with E-state index in [0.717, 1.165) is 0 Å². The summed E-state index contributed by atoms with van der Waals surface area (Å²) in [5, 5.41) is 9.27. The fourth-order valence-corrected chi connectivity index (χ4v) is 4.94. The van der Waals surface area contributed by atoms with Crippen LogP contribution in [-0.4, -0.2) is 56.1 Å². The van der Waals surface area contributed by atoms with E-state index in [1.54, 1.807) is 13.8 Å². The number of rotatable bonds is 7. The lowest BCUT2D eigenvalue weighted by atomic mass is 9.96. The first-order valence-electron chi connectivity index (χ1n) is 8.75. The Labute approximate surface area is 159 Å². The Morgan fingerprint density at radius 3 is 2.56 bits per heavy atom. The van der Waals surface area contributed by atoms with Crippen molar-refractivity contribution >= 4 is 22.0 Å². The predicted molar refractivity (Wildman–Crippen MR) is 96.8 cm³/mol. The summed E-state index contributed by atoms with van der Waals surface area (Å²) in [6, 6.07) is 3.91. The molecule has 1 aromatic carbocycles. The normalized spacial score (nSPS) is 21.0. The van der Waals surface area contributed by atoms with Crippen LogP contribution in [0.15, 0.2) is 23.1 Å². The third-order valence-electron chi connectivity index (χ3n) is 4.57.